The smallest absolute Gasteiger partial charge is 0.222 e. The van der Waals surface area contributed by atoms with Gasteiger partial charge in [0.1, 0.15) is 0 Å². The molecule has 2 aliphatic rings. The van der Waals surface area contributed by atoms with Crippen LogP contribution < -0.4 is 5.32 Å². The normalized spacial score (nSPS) is 30.3. The highest BCUT2D eigenvalue weighted by molar-refractivity contribution is 5.76. The second-order valence-corrected chi connectivity index (χ2v) is 4.87. The monoisotopic (exact) mass is 210 g/mol. The fraction of sp³-hybridized carbons (Fsp3) is 0.917. The second kappa shape index (κ2) is 4.97. The minimum Gasteiger partial charge on any atom is -0.341 e. The van der Waals surface area contributed by atoms with Crippen molar-refractivity contribution in [2.75, 3.05) is 19.6 Å². The van der Waals surface area contributed by atoms with E-state index in [-0.39, 0.29) is 0 Å². The number of nitrogens with one attached hydrogen (secondary N) is 1. The lowest BCUT2D eigenvalue weighted by Crippen LogP contribution is -2.41. The standard InChI is InChI=1S/C12H22N2O/c1-2-3-6-12(15)14-8-10-5-4-7-13-11(10)9-14/h10-11,13H,2-9H2,1H3. The number of hydrogen-bond acceptors (Lipinski definition) is 2. The maximum absolute atomic E-state index is 11.8. The van der Waals surface area contributed by atoms with Crippen LogP contribution in [0.1, 0.15) is 39.0 Å². The summed E-state index contributed by atoms with van der Waals surface area (Å²) in [5.74, 6) is 1.09. The van der Waals surface area contributed by atoms with Gasteiger partial charge in [-0.2, -0.15) is 0 Å². The predicted molar refractivity (Wildman–Crippen MR) is 60.6 cm³/mol. The van der Waals surface area contributed by atoms with E-state index in [1.165, 1.54) is 12.8 Å². The Morgan fingerprint density at radius 1 is 1.47 bits per heavy atom. The van der Waals surface area contributed by atoms with Gasteiger partial charge in [0.25, 0.3) is 0 Å². The molecule has 0 aromatic rings. The van der Waals surface area contributed by atoms with Crippen LogP contribution in [-0.2, 0) is 4.79 Å². The molecular weight excluding hydrogens is 188 g/mol. The molecule has 1 N–H and O–H groups in total. The molecule has 2 unspecified atom stereocenters. The zero-order valence-electron chi connectivity index (χ0n) is 9.67. The van der Waals surface area contributed by atoms with E-state index in [0.29, 0.717) is 11.9 Å². The summed E-state index contributed by atoms with van der Waals surface area (Å²) < 4.78 is 0. The molecule has 2 atom stereocenters. The lowest BCUT2D eigenvalue weighted by molar-refractivity contribution is -0.130. The molecule has 86 valence electrons. The summed E-state index contributed by atoms with van der Waals surface area (Å²) >= 11 is 0. The van der Waals surface area contributed by atoms with Gasteiger partial charge in [0.2, 0.25) is 5.91 Å². The molecule has 2 aliphatic heterocycles. The average molecular weight is 210 g/mol. The van der Waals surface area contributed by atoms with Gasteiger partial charge in [-0.3, -0.25) is 4.79 Å². The molecule has 2 rings (SSSR count). The molecule has 15 heavy (non-hydrogen) atoms. The van der Waals surface area contributed by atoms with Gasteiger partial charge >= 0.3 is 0 Å². The Bertz CT molecular complexity index is 216. The number of likely N-dealkylation sites (tertiary alicyclic amines) is 1. The largest absolute Gasteiger partial charge is 0.341 e. The molecule has 0 saturated carbocycles. The van der Waals surface area contributed by atoms with Gasteiger partial charge in [-0.1, -0.05) is 13.3 Å². The van der Waals surface area contributed by atoms with Gasteiger partial charge in [0.15, 0.2) is 0 Å². The number of carbonyl (C=O) groups excluding carboxylic acids is 1. The third kappa shape index (κ3) is 2.51. The fourth-order valence-corrected chi connectivity index (χ4v) is 2.74. The van der Waals surface area contributed by atoms with Gasteiger partial charge in [-0.05, 0) is 31.7 Å². The van der Waals surface area contributed by atoms with Crippen LogP contribution in [0.5, 0.6) is 0 Å². The third-order valence-electron chi connectivity index (χ3n) is 3.70. The zero-order chi connectivity index (χ0) is 10.7. The Hall–Kier alpha value is -0.570. The molecular formula is C12H22N2O. The highest BCUT2D eigenvalue weighted by Gasteiger charge is 2.35. The molecule has 0 spiro atoms. The molecule has 0 bridgehead atoms. The van der Waals surface area contributed by atoms with E-state index >= 15 is 0 Å². The number of hydrogen-bond donors (Lipinski definition) is 1. The van der Waals surface area contributed by atoms with Crippen molar-refractivity contribution in [3.8, 4) is 0 Å². The lowest BCUT2D eigenvalue weighted by Gasteiger charge is -2.24. The van der Waals surface area contributed by atoms with Crippen molar-refractivity contribution in [2.24, 2.45) is 5.92 Å². The SMILES string of the molecule is CCCCC(=O)N1CC2CCCNC2C1. The summed E-state index contributed by atoms with van der Waals surface area (Å²) in [6.07, 6.45) is 5.48. The first-order chi connectivity index (χ1) is 7.31. The quantitative estimate of drug-likeness (QED) is 0.763. The summed E-state index contributed by atoms with van der Waals surface area (Å²) in [5, 5.41) is 3.53. The van der Waals surface area contributed by atoms with Crippen molar-refractivity contribution < 1.29 is 4.79 Å². The molecule has 1 amide bonds. The first-order valence-electron chi connectivity index (χ1n) is 6.32. The van der Waals surface area contributed by atoms with Crippen molar-refractivity contribution in [3.63, 3.8) is 0 Å². The zero-order valence-corrected chi connectivity index (χ0v) is 9.67. The number of piperidine rings is 1. The van der Waals surface area contributed by atoms with E-state index in [2.05, 4.69) is 17.1 Å². The van der Waals surface area contributed by atoms with Gasteiger partial charge in [0, 0.05) is 25.6 Å². The minimum atomic E-state index is 0.369. The van der Waals surface area contributed by atoms with E-state index in [1.807, 2.05) is 0 Å². The number of amides is 1. The summed E-state index contributed by atoms with van der Waals surface area (Å²) in [4.78, 5) is 13.9. The van der Waals surface area contributed by atoms with Crippen molar-refractivity contribution in [1.29, 1.82) is 0 Å². The van der Waals surface area contributed by atoms with Gasteiger partial charge in [0.05, 0.1) is 0 Å². The topological polar surface area (TPSA) is 32.3 Å². The van der Waals surface area contributed by atoms with Crippen molar-refractivity contribution in [2.45, 2.75) is 45.1 Å². The summed E-state index contributed by atoms with van der Waals surface area (Å²) in [6.45, 7) is 5.23. The first-order valence-corrected chi connectivity index (χ1v) is 6.32. The van der Waals surface area contributed by atoms with Crippen LogP contribution in [0.4, 0.5) is 0 Å². The number of fused-ring (bicyclic) bond motifs is 1. The van der Waals surface area contributed by atoms with E-state index < -0.39 is 0 Å². The van der Waals surface area contributed by atoms with Crippen LogP contribution in [0.3, 0.4) is 0 Å². The predicted octanol–water partition coefficient (Wildman–Crippen LogP) is 1.39. The average Bonchev–Trinajstić information content (AvgIpc) is 2.69. The number of carbonyl (C=O) groups is 1. The number of nitrogens with zero attached hydrogens (tertiary/aromatic N) is 1. The molecule has 0 radical (unpaired) electrons. The lowest BCUT2D eigenvalue weighted by atomic mass is 9.94. The van der Waals surface area contributed by atoms with Crippen molar-refractivity contribution in [1.82, 2.24) is 10.2 Å². The Kier molecular flexibility index (Phi) is 3.62. The summed E-state index contributed by atoms with van der Waals surface area (Å²) in [7, 11) is 0. The van der Waals surface area contributed by atoms with E-state index in [4.69, 9.17) is 0 Å². The molecule has 0 aromatic heterocycles. The van der Waals surface area contributed by atoms with Gasteiger partial charge < -0.3 is 10.2 Å². The minimum absolute atomic E-state index is 0.369. The summed E-state index contributed by atoms with van der Waals surface area (Å²) in [5.41, 5.74) is 0. The molecule has 0 aromatic carbocycles. The fourth-order valence-electron chi connectivity index (χ4n) is 2.74. The van der Waals surface area contributed by atoms with Crippen LogP contribution in [-0.4, -0.2) is 36.5 Å². The second-order valence-electron chi connectivity index (χ2n) is 4.87. The van der Waals surface area contributed by atoms with Crippen LogP contribution in [0, 0.1) is 5.92 Å². The molecule has 3 heteroatoms. The van der Waals surface area contributed by atoms with Crippen LogP contribution in [0.15, 0.2) is 0 Å². The third-order valence-corrected chi connectivity index (χ3v) is 3.70. The Balaban J connectivity index is 1.82. The first kappa shape index (κ1) is 10.9. The van der Waals surface area contributed by atoms with E-state index in [0.717, 1.165) is 44.8 Å². The Labute approximate surface area is 92.2 Å². The van der Waals surface area contributed by atoms with E-state index in [1.54, 1.807) is 0 Å². The van der Waals surface area contributed by atoms with Crippen LogP contribution in [0.2, 0.25) is 0 Å². The van der Waals surface area contributed by atoms with Crippen molar-refractivity contribution in [3.05, 3.63) is 0 Å². The molecule has 2 fully saturated rings. The van der Waals surface area contributed by atoms with Gasteiger partial charge in [-0.25, -0.2) is 0 Å². The Morgan fingerprint density at radius 2 is 2.33 bits per heavy atom. The van der Waals surface area contributed by atoms with Crippen LogP contribution in [0.25, 0.3) is 0 Å². The van der Waals surface area contributed by atoms with Crippen molar-refractivity contribution >= 4 is 5.91 Å². The van der Waals surface area contributed by atoms with E-state index in [9.17, 15) is 4.79 Å². The molecule has 2 heterocycles. The highest BCUT2D eigenvalue weighted by Crippen LogP contribution is 2.25. The molecule has 2 saturated heterocycles. The highest BCUT2D eigenvalue weighted by atomic mass is 16.2. The molecule has 3 nitrogen and oxygen atoms in total. The number of rotatable bonds is 3. The number of unbranched alkanes of at least 4 members (excludes halogenated alkanes) is 1. The Morgan fingerprint density at radius 3 is 3.07 bits per heavy atom. The maximum Gasteiger partial charge on any atom is 0.222 e. The summed E-state index contributed by atoms with van der Waals surface area (Å²) in [6, 6.07) is 0.587. The van der Waals surface area contributed by atoms with Gasteiger partial charge in [-0.15, -0.1) is 0 Å². The van der Waals surface area contributed by atoms with Crippen LogP contribution >= 0.6 is 0 Å². The molecule has 0 aliphatic carbocycles. The maximum atomic E-state index is 11.8.